The SMILES string of the molecule is C[C@H]1C(=O)N(Cc2ccccc2)CC(=O)N1Cc1cn2ccccc2n1. The molecule has 0 bridgehead atoms. The van der Waals surface area contributed by atoms with Gasteiger partial charge in [-0.3, -0.25) is 9.59 Å². The quantitative estimate of drug-likeness (QED) is 0.725. The Morgan fingerprint density at radius 1 is 1.04 bits per heavy atom. The Kier molecular flexibility index (Phi) is 4.16. The van der Waals surface area contributed by atoms with Crippen LogP contribution < -0.4 is 0 Å². The maximum Gasteiger partial charge on any atom is 0.245 e. The maximum absolute atomic E-state index is 12.8. The third kappa shape index (κ3) is 3.06. The number of pyridine rings is 1. The first kappa shape index (κ1) is 16.3. The van der Waals surface area contributed by atoms with Crippen molar-refractivity contribution in [3.63, 3.8) is 0 Å². The first-order valence-corrected chi connectivity index (χ1v) is 8.66. The standard InChI is InChI=1S/C20H20N4O2/c1-15-20(26)23(11-16-7-3-2-4-8-16)14-19(25)24(15)13-17-12-22-10-6-5-9-18(22)21-17/h2-10,12,15H,11,13-14H2,1H3/t15-/m0/s1. The number of carbonyl (C=O) groups excluding carboxylic acids is 2. The van der Waals surface area contributed by atoms with Crippen LogP contribution in [0.3, 0.4) is 0 Å². The number of aromatic nitrogens is 2. The Bertz CT molecular complexity index is 918. The summed E-state index contributed by atoms with van der Waals surface area (Å²) in [6.45, 7) is 2.68. The summed E-state index contributed by atoms with van der Waals surface area (Å²) in [5, 5.41) is 0. The molecule has 1 aliphatic heterocycles. The average Bonchev–Trinajstić information content (AvgIpc) is 3.06. The van der Waals surface area contributed by atoms with Gasteiger partial charge in [0.05, 0.1) is 12.2 Å². The fraction of sp³-hybridized carbons (Fsp3) is 0.250. The molecule has 1 saturated heterocycles. The number of hydrogen-bond acceptors (Lipinski definition) is 3. The van der Waals surface area contributed by atoms with E-state index in [4.69, 9.17) is 0 Å². The van der Waals surface area contributed by atoms with Crippen LogP contribution in [-0.2, 0) is 22.7 Å². The zero-order chi connectivity index (χ0) is 18.1. The van der Waals surface area contributed by atoms with Gasteiger partial charge in [-0.05, 0) is 24.6 Å². The van der Waals surface area contributed by atoms with Crippen LogP contribution in [0.25, 0.3) is 5.65 Å². The number of hydrogen-bond donors (Lipinski definition) is 0. The molecule has 1 aromatic carbocycles. The summed E-state index contributed by atoms with van der Waals surface area (Å²) in [7, 11) is 0. The van der Waals surface area contributed by atoms with E-state index in [1.165, 1.54) is 0 Å². The first-order chi connectivity index (χ1) is 12.6. The Morgan fingerprint density at radius 3 is 2.58 bits per heavy atom. The van der Waals surface area contributed by atoms with E-state index in [1.54, 1.807) is 16.7 Å². The highest BCUT2D eigenvalue weighted by molar-refractivity contribution is 5.94. The zero-order valence-electron chi connectivity index (χ0n) is 14.6. The average molecular weight is 348 g/mol. The van der Waals surface area contributed by atoms with Gasteiger partial charge < -0.3 is 14.2 Å². The van der Waals surface area contributed by atoms with E-state index < -0.39 is 6.04 Å². The van der Waals surface area contributed by atoms with Crippen molar-refractivity contribution in [1.82, 2.24) is 19.2 Å². The zero-order valence-corrected chi connectivity index (χ0v) is 14.6. The Hall–Kier alpha value is -3.15. The second-order valence-corrected chi connectivity index (χ2v) is 6.58. The van der Waals surface area contributed by atoms with Crippen molar-refractivity contribution in [2.24, 2.45) is 0 Å². The molecule has 2 aromatic heterocycles. The number of nitrogens with zero attached hydrogens (tertiary/aromatic N) is 4. The molecule has 0 aliphatic carbocycles. The Morgan fingerprint density at radius 2 is 1.81 bits per heavy atom. The summed E-state index contributed by atoms with van der Waals surface area (Å²) in [4.78, 5) is 33.2. The lowest BCUT2D eigenvalue weighted by Gasteiger charge is -2.38. The molecule has 0 spiro atoms. The van der Waals surface area contributed by atoms with E-state index in [0.717, 1.165) is 16.9 Å². The van der Waals surface area contributed by atoms with Crippen LogP contribution in [0.1, 0.15) is 18.2 Å². The smallest absolute Gasteiger partial charge is 0.245 e. The van der Waals surface area contributed by atoms with Gasteiger partial charge in [0.2, 0.25) is 11.8 Å². The van der Waals surface area contributed by atoms with Gasteiger partial charge >= 0.3 is 0 Å². The fourth-order valence-corrected chi connectivity index (χ4v) is 3.35. The molecule has 6 nitrogen and oxygen atoms in total. The van der Waals surface area contributed by atoms with E-state index in [0.29, 0.717) is 13.1 Å². The Balaban J connectivity index is 1.50. The molecule has 0 unspecified atom stereocenters. The molecule has 132 valence electrons. The molecule has 0 radical (unpaired) electrons. The summed E-state index contributed by atoms with van der Waals surface area (Å²) in [5.41, 5.74) is 2.63. The fourth-order valence-electron chi connectivity index (χ4n) is 3.35. The lowest BCUT2D eigenvalue weighted by atomic mass is 10.1. The number of amides is 2. The summed E-state index contributed by atoms with van der Waals surface area (Å²) < 4.78 is 1.91. The molecular formula is C20H20N4O2. The van der Waals surface area contributed by atoms with Crippen LogP contribution in [0.2, 0.25) is 0 Å². The third-order valence-corrected chi connectivity index (χ3v) is 4.75. The first-order valence-electron chi connectivity index (χ1n) is 8.66. The van der Waals surface area contributed by atoms with Crippen molar-refractivity contribution in [1.29, 1.82) is 0 Å². The van der Waals surface area contributed by atoms with Gasteiger partial charge in [0, 0.05) is 18.9 Å². The molecule has 6 heteroatoms. The van der Waals surface area contributed by atoms with Crippen molar-refractivity contribution < 1.29 is 9.59 Å². The number of carbonyl (C=O) groups is 2. The number of rotatable bonds is 4. The number of fused-ring (bicyclic) bond motifs is 1. The van der Waals surface area contributed by atoms with Crippen LogP contribution in [0.4, 0.5) is 0 Å². The highest BCUT2D eigenvalue weighted by Gasteiger charge is 2.36. The van der Waals surface area contributed by atoms with Crippen molar-refractivity contribution >= 4 is 17.5 Å². The van der Waals surface area contributed by atoms with E-state index in [1.807, 2.05) is 65.3 Å². The lowest BCUT2D eigenvalue weighted by molar-refractivity contribution is -0.156. The van der Waals surface area contributed by atoms with E-state index >= 15 is 0 Å². The molecule has 0 saturated carbocycles. The highest BCUT2D eigenvalue weighted by Crippen LogP contribution is 2.18. The molecule has 1 atom stereocenters. The topological polar surface area (TPSA) is 57.9 Å². The van der Waals surface area contributed by atoms with Crippen molar-refractivity contribution in [3.05, 3.63) is 72.2 Å². The van der Waals surface area contributed by atoms with Crippen LogP contribution in [0.5, 0.6) is 0 Å². The highest BCUT2D eigenvalue weighted by atomic mass is 16.2. The molecule has 2 amide bonds. The minimum absolute atomic E-state index is 0.0304. The van der Waals surface area contributed by atoms with Crippen molar-refractivity contribution in [3.8, 4) is 0 Å². The number of benzene rings is 1. The second-order valence-electron chi connectivity index (χ2n) is 6.58. The van der Waals surface area contributed by atoms with Gasteiger partial charge in [-0.15, -0.1) is 0 Å². The minimum atomic E-state index is -0.496. The van der Waals surface area contributed by atoms with Gasteiger partial charge in [0.25, 0.3) is 0 Å². The van der Waals surface area contributed by atoms with Crippen LogP contribution in [0.15, 0.2) is 60.9 Å². The van der Waals surface area contributed by atoms with Crippen LogP contribution >= 0.6 is 0 Å². The van der Waals surface area contributed by atoms with Gasteiger partial charge in [-0.2, -0.15) is 0 Å². The maximum atomic E-state index is 12.8. The summed E-state index contributed by atoms with van der Waals surface area (Å²) in [5.74, 6) is -0.0812. The van der Waals surface area contributed by atoms with E-state index in [9.17, 15) is 9.59 Å². The largest absolute Gasteiger partial charge is 0.327 e. The molecule has 4 rings (SSSR count). The van der Waals surface area contributed by atoms with Gasteiger partial charge in [0.15, 0.2) is 0 Å². The molecule has 1 aliphatic rings. The monoisotopic (exact) mass is 348 g/mol. The molecule has 0 N–H and O–H groups in total. The Labute approximate surface area is 151 Å². The summed E-state index contributed by atoms with van der Waals surface area (Å²) in [6.07, 6.45) is 3.82. The van der Waals surface area contributed by atoms with Crippen LogP contribution in [0, 0.1) is 0 Å². The number of imidazole rings is 1. The second kappa shape index (κ2) is 6.63. The molecule has 1 fully saturated rings. The number of piperazine rings is 1. The van der Waals surface area contributed by atoms with Crippen LogP contribution in [-0.4, -0.2) is 43.6 Å². The normalized spacial score (nSPS) is 18.0. The van der Waals surface area contributed by atoms with E-state index in [2.05, 4.69) is 4.98 Å². The van der Waals surface area contributed by atoms with E-state index in [-0.39, 0.29) is 18.4 Å². The van der Waals surface area contributed by atoms with Gasteiger partial charge in [-0.25, -0.2) is 4.98 Å². The van der Waals surface area contributed by atoms with Gasteiger partial charge in [-0.1, -0.05) is 36.4 Å². The van der Waals surface area contributed by atoms with Gasteiger partial charge in [0.1, 0.15) is 18.2 Å². The molecule has 26 heavy (non-hydrogen) atoms. The molecular weight excluding hydrogens is 328 g/mol. The molecule has 3 heterocycles. The lowest BCUT2D eigenvalue weighted by Crippen LogP contribution is -2.58. The third-order valence-electron chi connectivity index (χ3n) is 4.75. The summed E-state index contributed by atoms with van der Waals surface area (Å²) >= 11 is 0. The van der Waals surface area contributed by atoms with Crippen molar-refractivity contribution in [2.45, 2.75) is 26.1 Å². The minimum Gasteiger partial charge on any atom is -0.327 e. The molecule has 3 aromatic rings. The van der Waals surface area contributed by atoms with Crippen molar-refractivity contribution in [2.75, 3.05) is 6.54 Å². The summed E-state index contributed by atoms with van der Waals surface area (Å²) in [6, 6.07) is 15.0. The predicted octanol–water partition coefficient (Wildman–Crippen LogP) is 2.09. The predicted molar refractivity (Wildman–Crippen MR) is 97.1 cm³/mol.